The maximum atomic E-state index is 12.4. The predicted octanol–water partition coefficient (Wildman–Crippen LogP) is 2.79. The fourth-order valence-electron chi connectivity index (χ4n) is 2.53. The predicted molar refractivity (Wildman–Crippen MR) is 87.7 cm³/mol. The second-order valence-electron chi connectivity index (χ2n) is 5.41. The Labute approximate surface area is 135 Å². The molecule has 1 heterocycles. The van der Waals surface area contributed by atoms with Gasteiger partial charge in [0.25, 0.3) is 5.91 Å². The molecule has 2 aromatic rings. The normalized spacial score (nSPS) is 10.6. The van der Waals surface area contributed by atoms with Crippen molar-refractivity contribution in [3.05, 3.63) is 46.8 Å². The third kappa shape index (κ3) is 3.97. The van der Waals surface area contributed by atoms with E-state index in [-0.39, 0.29) is 12.3 Å². The van der Waals surface area contributed by atoms with E-state index < -0.39 is 5.97 Å². The smallest absolute Gasteiger partial charge is 0.303 e. The van der Waals surface area contributed by atoms with Crippen molar-refractivity contribution in [2.24, 2.45) is 0 Å². The standard InChI is InChI=1S/C17H21N3O3/c1-4-20-12(3)16(11(2)19-20)17(23)18-14-8-5-13(6-9-14)7-10-15(21)22/h5-6,8-9H,4,7,10H2,1-3H3,(H,18,23)(H,21,22). The number of aromatic nitrogens is 2. The van der Waals surface area contributed by atoms with E-state index in [4.69, 9.17) is 5.11 Å². The molecule has 2 N–H and O–H groups in total. The minimum Gasteiger partial charge on any atom is -0.481 e. The topological polar surface area (TPSA) is 84.2 Å². The van der Waals surface area contributed by atoms with Crippen molar-refractivity contribution in [1.82, 2.24) is 9.78 Å². The van der Waals surface area contributed by atoms with Gasteiger partial charge in [-0.2, -0.15) is 5.10 Å². The number of carbonyl (C=O) groups excluding carboxylic acids is 1. The maximum absolute atomic E-state index is 12.4. The molecule has 6 heteroatoms. The number of aliphatic carboxylic acids is 1. The number of nitrogens with one attached hydrogen (secondary N) is 1. The van der Waals surface area contributed by atoms with Crippen molar-refractivity contribution in [2.45, 2.75) is 40.2 Å². The van der Waals surface area contributed by atoms with Crippen LogP contribution >= 0.6 is 0 Å². The number of hydrogen-bond donors (Lipinski definition) is 2. The molecule has 0 saturated heterocycles. The lowest BCUT2D eigenvalue weighted by Crippen LogP contribution is -2.14. The first-order valence-corrected chi connectivity index (χ1v) is 7.58. The average Bonchev–Trinajstić information content (AvgIpc) is 2.80. The van der Waals surface area contributed by atoms with E-state index in [2.05, 4.69) is 10.4 Å². The van der Waals surface area contributed by atoms with Gasteiger partial charge in [0.1, 0.15) is 0 Å². The van der Waals surface area contributed by atoms with E-state index in [9.17, 15) is 9.59 Å². The molecule has 0 aliphatic carbocycles. The van der Waals surface area contributed by atoms with Gasteiger partial charge in [0, 0.05) is 24.3 Å². The van der Waals surface area contributed by atoms with E-state index in [0.717, 1.165) is 17.8 Å². The Morgan fingerprint density at radius 2 is 1.87 bits per heavy atom. The Balaban J connectivity index is 2.08. The van der Waals surface area contributed by atoms with Gasteiger partial charge < -0.3 is 10.4 Å². The van der Waals surface area contributed by atoms with Crippen molar-refractivity contribution in [3.8, 4) is 0 Å². The summed E-state index contributed by atoms with van der Waals surface area (Å²) in [4.78, 5) is 23.0. The Morgan fingerprint density at radius 3 is 2.39 bits per heavy atom. The van der Waals surface area contributed by atoms with Crippen LogP contribution in [0.15, 0.2) is 24.3 Å². The summed E-state index contributed by atoms with van der Waals surface area (Å²) in [5.74, 6) is -1.00. The van der Waals surface area contributed by atoms with Gasteiger partial charge in [-0.3, -0.25) is 14.3 Å². The summed E-state index contributed by atoms with van der Waals surface area (Å²) in [5.41, 5.74) is 3.76. The maximum Gasteiger partial charge on any atom is 0.303 e. The number of carboxylic acids is 1. The first kappa shape index (κ1) is 16.7. The summed E-state index contributed by atoms with van der Waals surface area (Å²) in [6.07, 6.45) is 0.575. The second-order valence-corrected chi connectivity index (χ2v) is 5.41. The molecule has 0 atom stereocenters. The fraction of sp³-hybridized carbons (Fsp3) is 0.353. The Hall–Kier alpha value is -2.63. The number of benzene rings is 1. The van der Waals surface area contributed by atoms with Crippen LogP contribution in [-0.2, 0) is 17.8 Å². The number of anilines is 1. The zero-order valence-corrected chi connectivity index (χ0v) is 13.6. The quantitative estimate of drug-likeness (QED) is 0.858. The number of nitrogens with zero attached hydrogens (tertiary/aromatic N) is 2. The van der Waals surface area contributed by atoms with Crippen LogP contribution in [0.1, 0.15) is 40.7 Å². The van der Waals surface area contributed by atoms with Crippen LogP contribution in [0.2, 0.25) is 0 Å². The lowest BCUT2D eigenvalue weighted by atomic mass is 10.1. The molecule has 0 fully saturated rings. The summed E-state index contributed by atoms with van der Waals surface area (Å²) in [6, 6.07) is 7.22. The number of hydrogen-bond acceptors (Lipinski definition) is 3. The summed E-state index contributed by atoms with van der Waals surface area (Å²) in [7, 11) is 0. The first-order valence-electron chi connectivity index (χ1n) is 7.58. The molecule has 0 radical (unpaired) electrons. The largest absolute Gasteiger partial charge is 0.481 e. The van der Waals surface area contributed by atoms with Crippen molar-refractivity contribution in [1.29, 1.82) is 0 Å². The SMILES string of the molecule is CCn1nc(C)c(C(=O)Nc2ccc(CCC(=O)O)cc2)c1C. The molecular formula is C17H21N3O3. The first-order chi connectivity index (χ1) is 10.9. The van der Waals surface area contributed by atoms with Crippen molar-refractivity contribution < 1.29 is 14.7 Å². The Bertz CT molecular complexity index is 717. The second kappa shape index (κ2) is 7.09. The zero-order valence-electron chi connectivity index (χ0n) is 13.6. The monoisotopic (exact) mass is 315 g/mol. The molecule has 1 amide bonds. The van der Waals surface area contributed by atoms with E-state index >= 15 is 0 Å². The molecule has 0 bridgehead atoms. The van der Waals surface area contributed by atoms with E-state index in [1.54, 1.807) is 16.8 Å². The van der Waals surface area contributed by atoms with Gasteiger partial charge in [-0.25, -0.2) is 0 Å². The molecule has 0 unspecified atom stereocenters. The van der Waals surface area contributed by atoms with Crippen LogP contribution in [0.3, 0.4) is 0 Å². The van der Waals surface area contributed by atoms with Gasteiger partial charge in [-0.05, 0) is 44.9 Å². The summed E-state index contributed by atoms with van der Waals surface area (Å²) >= 11 is 0. The number of carboxylic acid groups (broad SMARTS) is 1. The molecule has 0 aliphatic heterocycles. The minimum atomic E-state index is -0.818. The van der Waals surface area contributed by atoms with Crippen molar-refractivity contribution in [2.75, 3.05) is 5.32 Å². The lowest BCUT2D eigenvalue weighted by molar-refractivity contribution is -0.136. The summed E-state index contributed by atoms with van der Waals surface area (Å²) in [5, 5.41) is 15.9. The molecule has 2 rings (SSSR count). The van der Waals surface area contributed by atoms with Gasteiger partial charge >= 0.3 is 5.97 Å². The molecule has 0 saturated carbocycles. The fourth-order valence-corrected chi connectivity index (χ4v) is 2.53. The number of carbonyl (C=O) groups is 2. The van der Waals surface area contributed by atoms with Gasteiger partial charge in [-0.15, -0.1) is 0 Å². The van der Waals surface area contributed by atoms with Gasteiger partial charge in [0.2, 0.25) is 0 Å². The highest BCUT2D eigenvalue weighted by Gasteiger charge is 2.18. The molecule has 1 aromatic carbocycles. The van der Waals surface area contributed by atoms with Crippen LogP contribution in [0.25, 0.3) is 0 Å². The van der Waals surface area contributed by atoms with Gasteiger partial charge in [0.05, 0.1) is 11.3 Å². The van der Waals surface area contributed by atoms with Crippen molar-refractivity contribution >= 4 is 17.6 Å². The Kier molecular flexibility index (Phi) is 5.16. The summed E-state index contributed by atoms with van der Waals surface area (Å²) in [6.45, 7) is 6.41. The number of aryl methyl sites for hydroxylation is 3. The molecule has 122 valence electrons. The van der Waals surface area contributed by atoms with Crippen LogP contribution in [0.5, 0.6) is 0 Å². The highest BCUT2D eigenvalue weighted by molar-refractivity contribution is 6.05. The van der Waals surface area contributed by atoms with Crippen LogP contribution in [0, 0.1) is 13.8 Å². The molecule has 0 aliphatic rings. The molecule has 6 nitrogen and oxygen atoms in total. The van der Waals surface area contributed by atoms with Crippen molar-refractivity contribution in [3.63, 3.8) is 0 Å². The van der Waals surface area contributed by atoms with Crippen LogP contribution in [0.4, 0.5) is 5.69 Å². The lowest BCUT2D eigenvalue weighted by Gasteiger charge is -2.07. The van der Waals surface area contributed by atoms with E-state index in [1.165, 1.54) is 0 Å². The number of rotatable bonds is 6. The molecule has 0 spiro atoms. The van der Waals surface area contributed by atoms with E-state index in [0.29, 0.717) is 23.4 Å². The number of amides is 1. The third-order valence-corrected chi connectivity index (χ3v) is 3.75. The highest BCUT2D eigenvalue weighted by Crippen LogP contribution is 2.17. The minimum absolute atomic E-state index is 0.0975. The third-order valence-electron chi connectivity index (χ3n) is 3.75. The molecular weight excluding hydrogens is 294 g/mol. The zero-order chi connectivity index (χ0) is 17.0. The Morgan fingerprint density at radius 1 is 1.22 bits per heavy atom. The highest BCUT2D eigenvalue weighted by atomic mass is 16.4. The van der Waals surface area contributed by atoms with Gasteiger partial charge in [-0.1, -0.05) is 12.1 Å². The van der Waals surface area contributed by atoms with Gasteiger partial charge in [0.15, 0.2) is 0 Å². The average molecular weight is 315 g/mol. The summed E-state index contributed by atoms with van der Waals surface area (Å²) < 4.78 is 1.80. The molecule has 1 aromatic heterocycles. The van der Waals surface area contributed by atoms with Crippen LogP contribution in [-0.4, -0.2) is 26.8 Å². The van der Waals surface area contributed by atoms with E-state index in [1.807, 2.05) is 32.9 Å². The molecule has 23 heavy (non-hydrogen) atoms. The van der Waals surface area contributed by atoms with Crippen LogP contribution < -0.4 is 5.32 Å².